The van der Waals surface area contributed by atoms with Crippen molar-refractivity contribution in [2.45, 2.75) is 43.7 Å². The van der Waals surface area contributed by atoms with E-state index in [0.29, 0.717) is 0 Å². The maximum atomic E-state index is 10.4. The normalized spacial score (nSPS) is 27.5. The number of rotatable bonds is 6. The highest BCUT2D eigenvalue weighted by molar-refractivity contribution is 5.15. The lowest BCUT2D eigenvalue weighted by Gasteiger charge is -2.21. The molecule has 3 N–H and O–H groups in total. The topological polar surface area (TPSA) is 79.2 Å². The van der Waals surface area contributed by atoms with Gasteiger partial charge in [-0.2, -0.15) is 0 Å². The standard InChI is InChI=1S/C19H22O5/c20-15-16(21)19(24-12-14-9-5-2-6-10-14)17(22)18(15)23-11-13-7-3-1-4-8-13/h1-10,15-22H,11-12H2/t15-,16-,18+,19+/m0/s1. The Labute approximate surface area is 141 Å². The molecule has 2 aromatic carbocycles. The fourth-order valence-corrected chi connectivity index (χ4v) is 2.91. The minimum Gasteiger partial charge on any atom is -0.387 e. The molecule has 1 aliphatic carbocycles. The Kier molecular flexibility index (Phi) is 5.60. The van der Waals surface area contributed by atoms with Gasteiger partial charge < -0.3 is 24.8 Å². The summed E-state index contributed by atoms with van der Waals surface area (Å²) in [5.74, 6) is 0. The molecule has 0 heterocycles. The molecule has 128 valence electrons. The van der Waals surface area contributed by atoms with Crippen molar-refractivity contribution in [1.29, 1.82) is 0 Å². The van der Waals surface area contributed by atoms with E-state index in [1.54, 1.807) is 0 Å². The van der Waals surface area contributed by atoms with Gasteiger partial charge in [0.2, 0.25) is 0 Å². The molecule has 1 fully saturated rings. The molecule has 0 saturated heterocycles. The van der Waals surface area contributed by atoms with Crippen LogP contribution in [0, 0.1) is 0 Å². The quantitative estimate of drug-likeness (QED) is 0.743. The molecule has 3 rings (SSSR count). The summed E-state index contributed by atoms with van der Waals surface area (Å²) in [6.07, 6.45) is -5.25. The van der Waals surface area contributed by atoms with Gasteiger partial charge in [0.15, 0.2) is 0 Å². The predicted octanol–water partition coefficient (Wildman–Crippen LogP) is 1.25. The molecule has 5 heteroatoms. The van der Waals surface area contributed by atoms with E-state index < -0.39 is 30.5 Å². The number of ether oxygens (including phenoxy) is 2. The average Bonchev–Trinajstić information content (AvgIpc) is 2.82. The molecule has 0 bridgehead atoms. The van der Waals surface area contributed by atoms with Gasteiger partial charge in [0.25, 0.3) is 0 Å². The third kappa shape index (κ3) is 3.83. The van der Waals surface area contributed by atoms with Crippen molar-refractivity contribution in [3.05, 3.63) is 71.8 Å². The van der Waals surface area contributed by atoms with Crippen LogP contribution in [0.2, 0.25) is 0 Å². The van der Waals surface area contributed by atoms with Gasteiger partial charge in [-0.25, -0.2) is 0 Å². The zero-order valence-electron chi connectivity index (χ0n) is 13.2. The van der Waals surface area contributed by atoms with E-state index in [-0.39, 0.29) is 13.2 Å². The van der Waals surface area contributed by atoms with Gasteiger partial charge in [-0.05, 0) is 11.1 Å². The van der Waals surface area contributed by atoms with E-state index in [2.05, 4.69) is 0 Å². The van der Waals surface area contributed by atoms with Gasteiger partial charge in [0, 0.05) is 0 Å². The second-order valence-electron chi connectivity index (χ2n) is 5.99. The Balaban J connectivity index is 1.58. The first kappa shape index (κ1) is 17.1. The van der Waals surface area contributed by atoms with E-state index in [4.69, 9.17) is 9.47 Å². The van der Waals surface area contributed by atoms with Crippen LogP contribution in [0.4, 0.5) is 0 Å². The van der Waals surface area contributed by atoms with Crippen LogP contribution in [0.15, 0.2) is 60.7 Å². The minimum atomic E-state index is -1.19. The number of hydrogen-bond acceptors (Lipinski definition) is 5. The van der Waals surface area contributed by atoms with Crippen molar-refractivity contribution in [3.63, 3.8) is 0 Å². The van der Waals surface area contributed by atoms with Gasteiger partial charge in [-0.1, -0.05) is 60.7 Å². The molecule has 1 aliphatic rings. The van der Waals surface area contributed by atoms with E-state index in [1.165, 1.54) is 0 Å². The molecule has 0 unspecified atom stereocenters. The Morgan fingerprint density at radius 3 is 1.33 bits per heavy atom. The van der Waals surface area contributed by atoms with Crippen molar-refractivity contribution < 1.29 is 24.8 Å². The lowest BCUT2D eigenvalue weighted by atomic mass is 10.2. The fraction of sp³-hybridized carbons (Fsp3) is 0.368. The lowest BCUT2D eigenvalue weighted by Crippen LogP contribution is -2.36. The first-order valence-electron chi connectivity index (χ1n) is 8.02. The number of aliphatic hydroxyl groups is 3. The summed E-state index contributed by atoms with van der Waals surface area (Å²) >= 11 is 0. The number of hydrogen-bond donors (Lipinski definition) is 3. The van der Waals surface area contributed by atoms with Crippen molar-refractivity contribution in [3.8, 4) is 0 Å². The fourth-order valence-electron chi connectivity index (χ4n) is 2.91. The van der Waals surface area contributed by atoms with Crippen molar-refractivity contribution >= 4 is 0 Å². The summed E-state index contributed by atoms with van der Waals surface area (Å²) in [5.41, 5.74) is 1.86. The zero-order chi connectivity index (χ0) is 16.9. The van der Waals surface area contributed by atoms with E-state index in [1.807, 2.05) is 60.7 Å². The van der Waals surface area contributed by atoms with E-state index in [9.17, 15) is 15.3 Å². The molecule has 5 nitrogen and oxygen atoms in total. The van der Waals surface area contributed by atoms with Crippen LogP contribution >= 0.6 is 0 Å². The van der Waals surface area contributed by atoms with Crippen LogP contribution in [-0.4, -0.2) is 45.8 Å². The predicted molar refractivity (Wildman–Crippen MR) is 88.1 cm³/mol. The van der Waals surface area contributed by atoms with Crippen LogP contribution in [0.3, 0.4) is 0 Å². The lowest BCUT2D eigenvalue weighted by molar-refractivity contribution is -0.103. The van der Waals surface area contributed by atoms with Gasteiger partial charge >= 0.3 is 0 Å². The Morgan fingerprint density at radius 2 is 0.958 bits per heavy atom. The number of benzene rings is 2. The summed E-state index contributed by atoms with van der Waals surface area (Å²) in [5, 5.41) is 30.7. The second-order valence-corrected chi connectivity index (χ2v) is 5.99. The first-order chi connectivity index (χ1) is 11.7. The van der Waals surface area contributed by atoms with Crippen LogP contribution < -0.4 is 0 Å². The maximum Gasteiger partial charge on any atom is 0.115 e. The molecule has 2 aromatic rings. The van der Waals surface area contributed by atoms with Gasteiger partial charge in [-0.15, -0.1) is 0 Å². The van der Waals surface area contributed by atoms with Crippen molar-refractivity contribution in [2.24, 2.45) is 0 Å². The van der Waals surface area contributed by atoms with Gasteiger partial charge in [-0.3, -0.25) is 0 Å². The van der Waals surface area contributed by atoms with Crippen molar-refractivity contribution in [1.82, 2.24) is 0 Å². The molecular formula is C19H22O5. The summed E-state index contributed by atoms with van der Waals surface area (Å²) < 4.78 is 11.3. The number of aliphatic hydroxyl groups excluding tert-OH is 3. The van der Waals surface area contributed by atoms with Crippen LogP contribution in [-0.2, 0) is 22.7 Å². The largest absolute Gasteiger partial charge is 0.387 e. The zero-order valence-corrected chi connectivity index (χ0v) is 13.2. The molecule has 0 amide bonds. The molecule has 0 aromatic heterocycles. The SMILES string of the molecule is OC1[C@H](OCc2ccccc2)[C@@H](O)[C@H](O)[C@H]1OCc1ccccc1. The molecule has 0 spiro atoms. The summed E-state index contributed by atoms with van der Waals surface area (Å²) in [6.45, 7) is 0.496. The Hall–Kier alpha value is -1.76. The van der Waals surface area contributed by atoms with Crippen LogP contribution in [0.1, 0.15) is 11.1 Å². The highest BCUT2D eigenvalue weighted by Gasteiger charge is 2.50. The molecule has 0 radical (unpaired) electrons. The third-order valence-corrected chi connectivity index (χ3v) is 4.27. The molecule has 4 atom stereocenters. The summed E-state index contributed by atoms with van der Waals surface area (Å²) in [6, 6.07) is 18.9. The first-order valence-corrected chi connectivity index (χ1v) is 8.02. The molecule has 24 heavy (non-hydrogen) atoms. The minimum absolute atomic E-state index is 0.248. The summed E-state index contributed by atoms with van der Waals surface area (Å²) in [7, 11) is 0. The van der Waals surface area contributed by atoms with Crippen molar-refractivity contribution in [2.75, 3.05) is 0 Å². The molecule has 0 aliphatic heterocycles. The monoisotopic (exact) mass is 330 g/mol. The Morgan fingerprint density at radius 1 is 0.583 bits per heavy atom. The average molecular weight is 330 g/mol. The van der Waals surface area contributed by atoms with Gasteiger partial charge in [0.05, 0.1) is 13.2 Å². The molecular weight excluding hydrogens is 308 g/mol. The highest BCUT2D eigenvalue weighted by atomic mass is 16.6. The van der Waals surface area contributed by atoms with Gasteiger partial charge in [0.1, 0.15) is 30.5 Å². The smallest absolute Gasteiger partial charge is 0.115 e. The second kappa shape index (κ2) is 7.88. The highest BCUT2D eigenvalue weighted by Crippen LogP contribution is 2.28. The third-order valence-electron chi connectivity index (χ3n) is 4.27. The van der Waals surface area contributed by atoms with Crippen LogP contribution in [0.5, 0.6) is 0 Å². The summed E-state index contributed by atoms with van der Waals surface area (Å²) in [4.78, 5) is 0. The van der Waals surface area contributed by atoms with E-state index in [0.717, 1.165) is 11.1 Å². The van der Waals surface area contributed by atoms with E-state index >= 15 is 0 Å². The molecule has 1 saturated carbocycles. The maximum absolute atomic E-state index is 10.4. The Bertz CT molecular complexity index is 563. The van der Waals surface area contributed by atoms with Crippen LogP contribution in [0.25, 0.3) is 0 Å².